The van der Waals surface area contributed by atoms with E-state index in [1.807, 2.05) is 0 Å². The molecular formula is C11H17O4P. The Hall–Kier alpha value is -0.830. The van der Waals surface area contributed by atoms with Gasteiger partial charge in [-0.2, -0.15) is 0 Å². The van der Waals surface area contributed by atoms with Crippen LogP contribution in [0, 0.1) is 0 Å². The van der Waals surface area contributed by atoms with E-state index in [9.17, 15) is 4.57 Å². The van der Waals surface area contributed by atoms with Gasteiger partial charge in [0.05, 0.1) is 25.6 Å². The maximum atomic E-state index is 12.3. The predicted molar refractivity (Wildman–Crippen MR) is 63.5 cm³/mol. The van der Waals surface area contributed by atoms with Gasteiger partial charge in [-0.1, -0.05) is 0 Å². The highest BCUT2D eigenvalue weighted by molar-refractivity contribution is 7.62. The van der Waals surface area contributed by atoms with Gasteiger partial charge in [-0.25, -0.2) is 0 Å². The smallest absolute Gasteiger partial charge is 0.361 e. The van der Waals surface area contributed by atoms with Gasteiger partial charge in [0.15, 0.2) is 0 Å². The third kappa shape index (κ3) is 3.08. The Bertz CT molecular complexity index is 351. The van der Waals surface area contributed by atoms with E-state index in [1.165, 1.54) is 0 Å². The number of benzene rings is 1. The van der Waals surface area contributed by atoms with Crippen LogP contribution < -0.4 is 10.0 Å². The summed E-state index contributed by atoms with van der Waals surface area (Å²) in [5, 5.41) is 0.553. The van der Waals surface area contributed by atoms with Crippen LogP contribution >= 0.6 is 7.60 Å². The van der Waals surface area contributed by atoms with Gasteiger partial charge >= 0.3 is 7.60 Å². The van der Waals surface area contributed by atoms with E-state index in [4.69, 9.17) is 13.8 Å². The summed E-state index contributed by atoms with van der Waals surface area (Å²) >= 11 is 0. The molecule has 1 aromatic rings. The van der Waals surface area contributed by atoms with Crippen LogP contribution in [0.25, 0.3) is 0 Å². The first-order valence-electron chi connectivity index (χ1n) is 5.20. The fraction of sp³-hybridized carbons (Fsp3) is 0.455. The number of hydrogen-bond acceptors (Lipinski definition) is 4. The highest BCUT2D eigenvalue weighted by Crippen LogP contribution is 2.46. The van der Waals surface area contributed by atoms with Crippen molar-refractivity contribution in [2.75, 3.05) is 20.3 Å². The molecule has 0 saturated heterocycles. The van der Waals surface area contributed by atoms with Gasteiger partial charge in [0.25, 0.3) is 0 Å². The van der Waals surface area contributed by atoms with Crippen molar-refractivity contribution in [3.05, 3.63) is 24.3 Å². The summed E-state index contributed by atoms with van der Waals surface area (Å²) in [4.78, 5) is 0. The van der Waals surface area contributed by atoms with Crippen LogP contribution in [0.3, 0.4) is 0 Å². The summed E-state index contributed by atoms with van der Waals surface area (Å²) in [6, 6.07) is 6.87. The van der Waals surface area contributed by atoms with Gasteiger partial charge in [-0.15, -0.1) is 0 Å². The molecule has 0 aliphatic heterocycles. The summed E-state index contributed by atoms with van der Waals surface area (Å²) in [5.74, 6) is 0.711. The van der Waals surface area contributed by atoms with E-state index in [-0.39, 0.29) is 0 Å². The van der Waals surface area contributed by atoms with Crippen molar-refractivity contribution in [1.82, 2.24) is 0 Å². The van der Waals surface area contributed by atoms with Crippen molar-refractivity contribution in [3.8, 4) is 5.75 Å². The lowest BCUT2D eigenvalue weighted by Gasteiger charge is -2.17. The Kier molecular flexibility index (Phi) is 5.00. The van der Waals surface area contributed by atoms with Crippen molar-refractivity contribution in [3.63, 3.8) is 0 Å². The Balaban J connectivity index is 2.96. The van der Waals surface area contributed by atoms with Crippen LogP contribution in [0.15, 0.2) is 24.3 Å². The van der Waals surface area contributed by atoms with Crippen molar-refractivity contribution >= 4 is 12.9 Å². The molecule has 16 heavy (non-hydrogen) atoms. The molecule has 4 nitrogen and oxygen atoms in total. The fourth-order valence-electron chi connectivity index (χ4n) is 1.29. The molecule has 0 bridgehead atoms. The maximum Gasteiger partial charge on any atom is 0.361 e. The van der Waals surface area contributed by atoms with Crippen molar-refractivity contribution in [2.24, 2.45) is 0 Å². The van der Waals surface area contributed by atoms with Gasteiger partial charge in [-0.3, -0.25) is 4.57 Å². The second-order valence-electron chi connectivity index (χ2n) is 3.03. The lowest BCUT2D eigenvalue weighted by atomic mass is 10.3. The highest BCUT2D eigenvalue weighted by atomic mass is 31.2. The first-order chi connectivity index (χ1) is 7.66. The van der Waals surface area contributed by atoms with E-state index in [0.29, 0.717) is 24.3 Å². The molecule has 0 N–H and O–H groups in total. The van der Waals surface area contributed by atoms with E-state index in [1.54, 1.807) is 45.2 Å². The van der Waals surface area contributed by atoms with Crippen LogP contribution in [0.1, 0.15) is 13.8 Å². The zero-order valence-electron chi connectivity index (χ0n) is 9.80. The Labute approximate surface area is 96.1 Å². The minimum absolute atomic E-state index is 0.351. The molecule has 0 aliphatic rings. The number of hydrogen-bond donors (Lipinski definition) is 0. The van der Waals surface area contributed by atoms with Gasteiger partial charge in [-0.05, 0) is 38.1 Å². The molecular weight excluding hydrogens is 227 g/mol. The van der Waals surface area contributed by atoms with Crippen molar-refractivity contribution in [2.45, 2.75) is 13.8 Å². The quantitative estimate of drug-likeness (QED) is 0.721. The molecule has 0 heterocycles. The lowest BCUT2D eigenvalue weighted by molar-refractivity contribution is 0.230. The summed E-state index contributed by atoms with van der Waals surface area (Å²) in [5.41, 5.74) is 0. The number of methoxy groups -OCH3 is 1. The summed E-state index contributed by atoms with van der Waals surface area (Å²) in [6.45, 7) is 4.27. The second kappa shape index (κ2) is 6.04. The van der Waals surface area contributed by atoms with E-state index < -0.39 is 7.60 Å². The molecule has 0 aromatic heterocycles. The van der Waals surface area contributed by atoms with E-state index in [2.05, 4.69) is 0 Å². The van der Waals surface area contributed by atoms with Gasteiger partial charge in [0, 0.05) is 0 Å². The van der Waals surface area contributed by atoms with Crippen LogP contribution in [-0.2, 0) is 13.6 Å². The zero-order chi connectivity index (χ0) is 12.0. The topological polar surface area (TPSA) is 44.8 Å². The molecule has 0 spiro atoms. The third-order valence-electron chi connectivity index (χ3n) is 1.99. The zero-order valence-corrected chi connectivity index (χ0v) is 10.7. The molecule has 5 heteroatoms. The molecule has 90 valence electrons. The van der Waals surface area contributed by atoms with Crippen molar-refractivity contribution < 1.29 is 18.3 Å². The summed E-state index contributed by atoms with van der Waals surface area (Å²) < 4.78 is 27.8. The molecule has 0 aliphatic carbocycles. The molecule has 0 unspecified atom stereocenters. The fourth-order valence-corrected chi connectivity index (χ4v) is 2.86. The maximum absolute atomic E-state index is 12.3. The average molecular weight is 244 g/mol. The van der Waals surface area contributed by atoms with Crippen LogP contribution in [-0.4, -0.2) is 20.3 Å². The highest BCUT2D eigenvalue weighted by Gasteiger charge is 2.26. The van der Waals surface area contributed by atoms with Gasteiger partial charge < -0.3 is 13.8 Å². The Morgan fingerprint density at radius 2 is 1.56 bits per heavy atom. The lowest BCUT2D eigenvalue weighted by Crippen LogP contribution is -2.10. The molecule has 0 saturated carbocycles. The number of ether oxygens (including phenoxy) is 1. The first kappa shape index (κ1) is 13.2. The monoisotopic (exact) mass is 244 g/mol. The minimum atomic E-state index is -3.16. The Morgan fingerprint density at radius 3 is 1.94 bits per heavy atom. The van der Waals surface area contributed by atoms with E-state index in [0.717, 1.165) is 0 Å². The SMILES string of the molecule is CCOP(=O)(OCC)c1ccc(OC)cc1. The molecule has 0 fully saturated rings. The standard InChI is InChI=1S/C11H17O4P/c1-4-14-16(12,15-5-2)11-8-6-10(13-3)7-9-11/h6-9H,4-5H2,1-3H3. The van der Waals surface area contributed by atoms with Crippen LogP contribution in [0.4, 0.5) is 0 Å². The average Bonchev–Trinajstić information content (AvgIpc) is 2.30. The molecule has 1 aromatic carbocycles. The molecule has 0 atom stereocenters. The predicted octanol–water partition coefficient (Wildman–Crippen LogP) is 2.59. The first-order valence-corrected chi connectivity index (χ1v) is 6.74. The summed E-state index contributed by atoms with van der Waals surface area (Å²) in [6.07, 6.45) is 0. The third-order valence-corrected chi connectivity index (χ3v) is 4.11. The van der Waals surface area contributed by atoms with Crippen molar-refractivity contribution in [1.29, 1.82) is 0 Å². The second-order valence-corrected chi connectivity index (χ2v) is 5.06. The number of rotatable bonds is 6. The van der Waals surface area contributed by atoms with Crippen LogP contribution in [0.5, 0.6) is 5.75 Å². The van der Waals surface area contributed by atoms with Crippen LogP contribution in [0.2, 0.25) is 0 Å². The normalized spacial score (nSPS) is 11.4. The Morgan fingerprint density at radius 1 is 1.06 bits per heavy atom. The molecule has 0 amide bonds. The molecule has 0 radical (unpaired) electrons. The minimum Gasteiger partial charge on any atom is -0.497 e. The molecule has 1 rings (SSSR count). The van der Waals surface area contributed by atoms with E-state index >= 15 is 0 Å². The summed E-state index contributed by atoms with van der Waals surface area (Å²) in [7, 11) is -1.57. The largest absolute Gasteiger partial charge is 0.497 e. The van der Waals surface area contributed by atoms with Gasteiger partial charge in [0.1, 0.15) is 5.75 Å². The van der Waals surface area contributed by atoms with Gasteiger partial charge in [0.2, 0.25) is 0 Å².